The number of rotatable bonds is 3. The minimum absolute atomic E-state index is 0.122. The lowest BCUT2D eigenvalue weighted by molar-refractivity contribution is 0.0601. The summed E-state index contributed by atoms with van der Waals surface area (Å²) in [5.74, 6) is -1.99. The van der Waals surface area contributed by atoms with Gasteiger partial charge in [0.2, 0.25) is 0 Å². The predicted molar refractivity (Wildman–Crippen MR) is 88.5 cm³/mol. The van der Waals surface area contributed by atoms with Crippen LogP contribution in [0.4, 0.5) is 8.78 Å². The second-order valence-electron chi connectivity index (χ2n) is 5.11. The van der Waals surface area contributed by atoms with E-state index >= 15 is 0 Å². The van der Waals surface area contributed by atoms with E-state index in [4.69, 9.17) is 4.74 Å². The Hall–Kier alpha value is -3.08. The van der Waals surface area contributed by atoms with Crippen molar-refractivity contribution in [3.05, 3.63) is 71.9 Å². The number of benzene rings is 2. The van der Waals surface area contributed by atoms with Crippen molar-refractivity contribution < 1.29 is 18.3 Å². The Bertz CT molecular complexity index is 947. The molecule has 0 bridgehead atoms. The summed E-state index contributed by atoms with van der Waals surface area (Å²) >= 11 is 0. The summed E-state index contributed by atoms with van der Waals surface area (Å²) < 4.78 is 33.1. The van der Waals surface area contributed by atoms with Gasteiger partial charge in [0.15, 0.2) is 0 Å². The van der Waals surface area contributed by atoms with E-state index in [1.165, 1.54) is 25.4 Å². The average Bonchev–Trinajstić information content (AvgIpc) is 2.60. The molecule has 0 saturated carbocycles. The van der Waals surface area contributed by atoms with Crippen molar-refractivity contribution in [2.45, 2.75) is 0 Å². The van der Waals surface area contributed by atoms with Crippen molar-refractivity contribution in [1.82, 2.24) is 4.98 Å². The fourth-order valence-electron chi connectivity index (χ4n) is 2.60. The predicted octanol–water partition coefficient (Wildman–Crippen LogP) is 4.61. The molecule has 0 radical (unpaired) electrons. The van der Waals surface area contributed by atoms with Gasteiger partial charge in [-0.3, -0.25) is 4.98 Å². The van der Waals surface area contributed by atoms with Gasteiger partial charge in [-0.15, -0.1) is 0 Å². The first kappa shape index (κ1) is 15.8. The van der Waals surface area contributed by atoms with E-state index in [0.29, 0.717) is 16.3 Å². The SMILES string of the molecule is C=Cc1cnc(-c2c(F)cccc2F)c2cc(C(=O)OC)ccc12. The Morgan fingerprint density at radius 3 is 2.50 bits per heavy atom. The third-order valence-electron chi connectivity index (χ3n) is 3.76. The van der Waals surface area contributed by atoms with Gasteiger partial charge in [-0.1, -0.05) is 24.8 Å². The van der Waals surface area contributed by atoms with Crippen LogP contribution < -0.4 is 0 Å². The summed E-state index contributed by atoms with van der Waals surface area (Å²) in [6, 6.07) is 8.40. The number of hydrogen-bond donors (Lipinski definition) is 0. The summed E-state index contributed by atoms with van der Waals surface area (Å²) in [7, 11) is 1.27. The van der Waals surface area contributed by atoms with Crippen LogP contribution in [0, 0.1) is 11.6 Å². The molecular weight excluding hydrogens is 312 g/mol. The van der Waals surface area contributed by atoms with E-state index in [9.17, 15) is 13.6 Å². The van der Waals surface area contributed by atoms with Crippen molar-refractivity contribution in [3.8, 4) is 11.3 Å². The molecule has 5 heteroatoms. The van der Waals surface area contributed by atoms with Crippen molar-refractivity contribution in [3.63, 3.8) is 0 Å². The second-order valence-corrected chi connectivity index (χ2v) is 5.11. The van der Waals surface area contributed by atoms with Gasteiger partial charge < -0.3 is 4.74 Å². The van der Waals surface area contributed by atoms with Crippen LogP contribution in [0.1, 0.15) is 15.9 Å². The van der Waals surface area contributed by atoms with Crippen molar-refractivity contribution >= 4 is 22.8 Å². The minimum atomic E-state index is -0.723. The molecule has 2 aromatic carbocycles. The number of ether oxygens (including phenoxy) is 1. The molecule has 0 fully saturated rings. The number of halogens is 2. The monoisotopic (exact) mass is 325 g/mol. The molecule has 0 aliphatic heterocycles. The third kappa shape index (κ3) is 2.54. The number of aromatic nitrogens is 1. The molecule has 0 amide bonds. The summed E-state index contributed by atoms with van der Waals surface area (Å²) in [5.41, 5.74) is 0.852. The summed E-state index contributed by atoms with van der Waals surface area (Å²) in [5, 5.41) is 1.13. The number of hydrogen-bond acceptors (Lipinski definition) is 3. The topological polar surface area (TPSA) is 39.2 Å². The first-order valence-corrected chi connectivity index (χ1v) is 7.14. The fourth-order valence-corrected chi connectivity index (χ4v) is 2.60. The molecule has 0 N–H and O–H groups in total. The van der Waals surface area contributed by atoms with Gasteiger partial charge in [0.25, 0.3) is 0 Å². The summed E-state index contributed by atoms with van der Waals surface area (Å²) in [6.07, 6.45) is 3.09. The molecule has 120 valence electrons. The highest BCUT2D eigenvalue weighted by molar-refractivity contribution is 6.03. The third-order valence-corrected chi connectivity index (χ3v) is 3.76. The van der Waals surface area contributed by atoms with Gasteiger partial charge in [-0.25, -0.2) is 13.6 Å². The molecular formula is C19H13F2NO2. The molecule has 3 nitrogen and oxygen atoms in total. The van der Waals surface area contributed by atoms with E-state index < -0.39 is 17.6 Å². The number of pyridine rings is 1. The molecule has 0 saturated heterocycles. The van der Waals surface area contributed by atoms with Gasteiger partial charge in [-0.05, 0) is 29.7 Å². The van der Waals surface area contributed by atoms with Crippen molar-refractivity contribution in [1.29, 1.82) is 0 Å². The fraction of sp³-hybridized carbons (Fsp3) is 0.0526. The van der Waals surface area contributed by atoms with Crippen molar-refractivity contribution in [2.75, 3.05) is 7.11 Å². The molecule has 1 aromatic heterocycles. The van der Waals surface area contributed by atoms with Crippen LogP contribution in [0.15, 0.2) is 49.2 Å². The molecule has 0 aliphatic carbocycles. The van der Waals surface area contributed by atoms with Crippen molar-refractivity contribution in [2.24, 2.45) is 0 Å². The molecule has 0 aliphatic rings. The molecule has 3 aromatic rings. The lowest BCUT2D eigenvalue weighted by Gasteiger charge is -2.11. The van der Waals surface area contributed by atoms with Gasteiger partial charge in [-0.2, -0.15) is 0 Å². The maximum atomic E-state index is 14.2. The first-order valence-electron chi connectivity index (χ1n) is 7.14. The Balaban J connectivity index is 2.39. The van der Waals surface area contributed by atoms with Crippen LogP contribution in [-0.2, 0) is 4.74 Å². The largest absolute Gasteiger partial charge is 0.465 e. The van der Waals surface area contributed by atoms with Crippen LogP contribution in [0.5, 0.6) is 0 Å². The van der Waals surface area contributed by atoms with Gasteiger partial charge in [0.05, 0.1) is 23.9 Å². The standard InChI is InChI=1S/C19H13F2NO2/c1-3-11-10-22-18(17-15(20)5-4-6-16(17)21)14-9-12(19(23)24-2)7-8-13(11)14/h3-10H,1H2,2H3. The average molecular weight is 325 g/mol. The number of fused-ring (bicyclic) bond motifs is 1. The normalized spacial score (nSPS) is 10.6. The second kappa shape index (κ2) is 6.20. The molecule has 0 unspecified atom stereocenters. The Morgan fingerprint density at radius 2 is 1.88 bits per heavy atom. The molecule has 0 atom stereocenters. The lowest BCUT2D eigenvalue weighted by Crippen LogP contribution is -2.02. The van der Waals surface area contributed by atoms with Gasteiger partial charge >= 0.3 is 5.97 Å². The van der Waals surface area contributed by atoms with Crippen LogP contribution in [0.2, 0.25) is 0 Å². The molecule has 24 heavy (non-hydrogen) atoms. The number of carbonyl (C=O) groups excluding carboxylic acids is 1. The van der Waals surface area contributed by atoms with E-state index in [1.54, 1.807) is 18.2 Å². The Morgan fingerprint density at radius 1 is 1.17 bits per heavy atom. The Labute approximate surface area is 137 Å². The van der Waals surface area contributed by atoms with Gasteiger partial charge in [0.1, 0.15) is 11.6 Å². The van der Waals surface area contributed by atoms with Gasteiger partial charge in [0, 0.05) is 17.1 Å². The van der Waals surface area contributed by atoms with Crippen LogP contribution in [0.3, 0.4) is 0 Å². The minimum Gasteiger partial charge on any atom is -0.465 e. The zero-order valence-corrected chi connectivity index (χ0v) is 12.8. The number of methoxy groups -OCH3 is 1. The quantitative estimate of drug-likeness (QED) is 0.660. The Kier molecular flexibility index (Phi) is 4.08. The maximum Gasteiger partial charge on any atom is 0.337 e. The zero-order valence-electron chi connectivity index (χ0n) is 12.8. The van der Waals surface area contributed by atoms with E-state index in [1.807, 2.05) is 0 Å². The smallest absolute Gasteiger partial charge is 0.337 e. The van der Waals surface area contributed by atoms with E-state index in [-0.39, 0.29) is 16.8 Å². The summed E-state index contributed by atoms with van der Waals surface area (Å²) in [6.45, 7) is 3.71. The lowest BCUT2D eigenvalue weighted by atomic mass is 9.98. The first-order chi connectivity index (χ1) is 11.6. The highest BCUT2D eigenvalue weighted by Crippen LogP contribution is 2.33. The van der Waals surface area contributed by atoms with Crippen LogP contribution in [0.25, 0.3) is 28.1 Å². The molecule has 3 rings (SSSR count). The molecule has 1 heterocycles. The van der Waals surface area contributed by atoms with Crippen LogP contribution in [-0.4, -0.2) is 18.1 Å². The number of esters is 1. The number of nitrogens with zero attached hydrogens (tertiary/aromatic N) is 1. The highest BCUT2D eigenvalue weighted by Gasteiger charge is 2.18. The van der Waals surface area contributed by atoms with Crippen LogP contribution >= 0.6 is 0 Å². The van der Waals surface area contributed by atoms with E-state index in [0.717, 1.165) is 12.1 Å². The summed E-state index contributed by atoms with van der Waals surface area (Å²) in [4.78, 5) is 16.0. The molecule has 0 spiro atoms. The number of carbonyl (C=O) groups is 1. The zero-order chi connectivity index (χ0) is 17.3. The maximum absolute atomic E-state index is 14.2. The highest BCUT2D eigenvalue weighted by atomic mass is 19.1. The van der Waals surface area contributed by atoms with E-state index in [2.05, 4.69) is 11.6 Å².